The summed E-state index contributed by atoms with van der Waals surface area (Å²) < 4.78 is 0. The Kier molecular flexibility index (Phi) is 6.07. The quantitative estimate of drug-likeness (QED) is 0.815. The van der Waals surface area contributed by atoms with Crippen LogP contribution in [0.2, 0.25) is 0 Å². The summed E-state index contributed by atoms with van der Waals surface area (Å²) in [6.07, 6.45) is 1.59. The van der Waals surface area contributed by atoms with Crippen molar-refractivity contribution in [2.24, 2.45) is 5.92 Å². The number of hydrogen-bond acceptors (Lipinski definition) is 4. The average Bonchev–Trinajstić information content (AvgIpc) is 2.82. The molecule has 0 bridgehead atoms. The molecular formula is C23H27NO3. The van der Waals surface area contributed by atoms with Gasteiger partial charge in [-0.05, 0) is 43.5 Å². The largest absolute Gasteiger partial charge is 0.504 e. The molecule has 1 N–H and O–H groups in total. The molecule has 4 nitrogen and oxygen atoms in total. The molecule has 2 aromatic carbocycles. The van der Waals surface area contributed by atoms with Gasteiger partial charge >= 0.3 is 0 Å². The lowest BCUT2D eigenvalue weighted by atomic mass is 9.89. The Labute approximate surface area is 160 Å². The second-order valence-corrected chi connectivity index (χ2v) is 7.65. The number of piperidine rings is 1. The van der Waals surface area contributed by atoms with Crippen LogP contribution in [0.15, 0.2) is 53.3 Å². The molecule has 1 fully saturated rings. The third-order valence-electron chi connectivity index (χ3n) is 5.38. The smallest absolute Gasteiger partial charge is 0.224 e. The normalized spacial score (nSPS) is 15.8. The second-order valence-electron chi connectivity index (χ2n) is 7.65. The summed E-state index contributed by atoms with van der Waals surface area (Å²) in [5.41, 5.74) is 2.03. The number of aromatic hydroxyl groups is 1. The van der Waals surface area contributed by atoms with Gasteiger partial charge in [0.2, 0.25) is 5.43 Å². The predicted molar refractivity (Wildman–Crippen MR) is 107 cm³/mol. The van der Waals surface area contributed by atoms with Crippen LogP contribution in [0.3, 0.4) is 0 Å². The molecular weight excluding hydrogens is 338 g/mol. The Morgan fingerprint density at radius 1 is 1.11 bits per heavy atom. The molecule has 4 heteroatoms. The molecule has 1 aliphatic heterocycles. The molecule has 0 spiro atoms. The average molecular weight is 365 g/mol. The van der Waals surface area contributed by atoms with E-state index in [4.69, 9.17) is 0 Å². The van der Waals surface area contributed by atoms with Crippen LogP contribution in [0.4, 0.5) is 0 Å². The van der Waals surface area contributed by atoms with Gasteiger partial charge in [0.15, 0.2) is 11.5 Å². The number of likely N-dealkylation sites (tertiary alicyclic amines) is 1. The highest BCUT2D eigenvalue weighted by Gasteiger charge is 2.26. The lowest BCUT2D eigenvalue weighted by molar-refractivity contribution is 0.0834. The molecule has 142 valence electrons. The van der Waals surface area contributed by atoms with E-state index < -0.39 is 0 Å². The molecule has 0 radical (unpaired) electrons. The van der Waals surface area contributed by atoms with Gasteiger partial charge in [-0.3, -0.25) is 14.5 Å². The molecule has 1 saturated heterocycles. The van der Waals surface area contributed by atoms with Crippen LogP contribution in [-0.4, -0.2) is 28.9 Å². The van der Waals surface area contributed by atoms with Gasteiger partial charge in [-0.15, -0.1) is 0 Å². The molecule has 1 aliphatic rings. The van der Waals surface area contributed by atoms with Gasteiger partial charge in [-0.1, -0.05) is 56.3 Å². The molecule has 2 aromatic rings. The van der Waals surface area contributed by atoms with E-state index in [9.17, 15) is 14.7 Å². The zero-order valence-electron chi connectivity index (χ0n) is 16.0. The molecule has 3 rings (SSSR count). The zero-order valence-corrected chi connectivity index (χ0v) is 16.0. The highest BCUT2D eigenvalue weighted by Crippen LogP contribution is 2.23. The molecule has 0 unspecified atom stereocenters. The molecule has 0 amide bonds. The number of ketones is 1. The van der Waals surface area contributed by atoms with Crippen molar-refractivity contribution in [2.75, 3.05) is 13.1 Å². The third-order valence-corrected chi connectivity index (χ3v) is 5.38. The zero-order chi connectivity index (χ0) is 19.4. The van der Waals surface area contributed by atoms with Crippen LogP contribution in [0, 0.1) is 5.92 Å². The highest BCUT2D eigenvalue weighted by molar-refractivity contribution is 5.97. The maximum atomic E-state index is 12.6. The molecule has 0 aromatic heterocycles. The van der Waals surface area contributed by atoms with E-state index in [1.807, 2.05) is 56.3 Å². The summed E-state index contributed by atoms with van der Waals surface area (Å²) in [5, 5.41) is 10.1. The SMILES string of the molecule is CC(C)c1ccc(CN2CCC(C(=O)c3ccccc3)CC2)c(=O)c(O)c1. The Morgan fingerprint density at radius 2 is 1.78 bits per heavy atom. The van der Waals surface area contributed by atoms with E-state index in [1.54, 1.807) is 6.07 Å². The maximum absolute atomic E-state index is 12.6. The minimum atomic E-state index is -0.301. The number of carbonyl (C=O) groups is 1. The first-order valence-electron chi connectivity index (χ1n) is 9.63. The number of Topliss-reactive ketones (excluding diaryl/α,β-unsaturated/α-hetero) is 1. The fourth-order valence-corrected chi connectivity index (χ4v) is 3.62. The second kappa shape index (κ2) is 8.49. The van der Waals surface area contributed by atoms with Crippen LogP contribution >= 0.6 is 0 Å². The van der Waals surface area contributed by atoms with Gasteiger partial charge < -0.3 is 5.11 Å². The van der Waals surface area contributed by atoms with Crippen LogP contribution in [0.25, 0.3) is 0 Å². The Morgan fingerprint density at radius 3 is 2.41 bits per heavy atom. The summed E-state index contributed by atoms with van der Waals surface area (Å²) in [6.45, 7) is 6.13. The number of carbonyl (C=O) groups excluding carboxylic acids is 1. The van der Waals surface area contributed by atoms with Crippen molar-refractivity contribution >= 4 is 5.78 Å². The van der Waals surface area contributed by atoms with E-state index in [1.165, 1.54) is 0 Å². The number of nitrogens with zero attached hydrogens (tertiary/aromatic N) is 1. The molecule has 1 heterocycles. The van der Waals surface area contributed by atoms with Crippen molar-refractivity contribution in [3.05, 3.63) is 75.4 Å². The minimum absolute atomic E-state index is 0.0446. The molecule has 27 heavy (non-hydrogen) atoms. The summed E-state index contributed by atoms with van der Waals surface area (Å²) in [4.78, 5) is 27.2. The van der Waals surface area contributed by atoms with Crippen molar-refractivity contribution < 1.29 is 9.90 Å². The third kappa shape index (κ3) is 4.64. The van der Waals surface area contributed by atoms with Crippen LogP contribution in [0.1, 0.15) is 54.1 Å². The van der Waals surface area contributed by atoms with Gasteiger partial charge in [-0.25, -0.2) is 0 Å². The topological polar surface area (TPSA) is 57.6 Å². The first kappa shape index (κ1) is 19.3. The van der Waals surface area contributed by atoms with Crippen molar-refractivity contribution in [1.29, 1.82) is 0 Å². The van der Waals surface area contributed by atoms with Crippen LogP contribution in [-0.2, 0) is 6.54 Å². The van der Waals surface area contributed by atoms with E-state index in [0.717, 1.165) is 37.1 Å². The van der Waals surface area contributed by atoms with Crippen LogP contribution < -0.4 is 5.43 Å². The number of rotatable bonds is 5. The summed E-state index contributed by atoms with van der Waals surface area (Å²) in [7, 11) is 0. The Hall–Kier alpha value is -2.46. The van der Waals surface area contributed by atoms with Gasteiger partial charge in [0.05, 0.1) is 0 Å². The first-order chi connectivity index (χ1) is 13.0. The fourth-order valence-electron chi connectivity index (χ4n) is 3.62. The van der Waals surface area contributed by atoms with Gasteiger partial charge in [0.1, 0.15) is 0 Å². The van der Waals surface area contributed by atoms with Gasteiger partial charge in [0, 0.05) is 23.6 Å². The Balaban J connectivity index is 1.66. The summed E-state index contributed by atoms with van der Waals surface area (Å²) in [6, 6.07) is 14.8. The van der Waals surface area contributed by atoms with Crippen LogP contribution in [0.5, 0.6) is 5.75 Å². The summed E-state index contributed by atoms with van der Waals surface area (Å²) in [5.74, 6) is 0.316. The van der Waals surface area contributed by atoms with Crippen molar-refractivity contribution in [1.82, 2.24) is 4.90 Å². The van der Waals surface area contributed by atoms with Crippen molar-refractivity contribution in [2.45, 2.75) is 39.2 Å². The van der Waals surface area contributed by atoms with Gasteiger partial charge in [-0.2, -0.15) is 0 Å². The lowest BCUT2D eigenvalue weighted by Gasteiger charge is -2.31. The predicted octanol–water partition coefficient (Wildman–Crippen LogP) is 3.97. The van der Waals surface area contributed by atoms with E-state index in [-0.39, 0.29) is 28.8 Å². The lowest BCUT2D eigenvalue weighted by Crippen LogP contribution is -2.36. The fraction of sp³-hybridized carbons (Fsp3) is 0.391. The van der Waals surface area contributed by atoms with Crippen molar-refractivity contribution in [3.8, 4) is 5.75 Å². The highest BCUT2D eigenvalue weighted by atomic mass is 16.3. The van der Waals surface area contributed by atoms with E-state index in [2.05, 4.69) is 4.90 Å². The van der Waals surface area contributed by atoms with E-state index in [0.29, 0.717) is 12.1 Å². The Bertz CT molecular complexity index is 853. The minimum Gasteiger partial charge on any atom is -0.504 e. The van der Waals surface area contributed by atoms with Crippen molar-refractivity contribution in [3.63, 3.8) is 0 Å². The molecule has 0 atom stereocenters. The van der Waals surface area contributed by atoms with Gasteiger partial charge in [0.25, 0.3) is 0 Å². The monoisotopic (exact) mass is 365 g/mol. The molecule has 0 aliphatic carbocycles. The summed E-state index contributed by atoms with van der Waals surface area (Å²) >= 11 is 0. The first-order valence-corrected chi connectivity index (χ1v) is 9.63. The number of hydrogen-bond donors (Lipinski definition) is 1. The maximum Gasteiger partial charge on any atom is 0.224 e. The standard InChI is InChI=1S/C23H27NO3/c1-16(2)19-8-9-20(23(27)21(25)14-19)15-24-12-10-18(11-13-24)22(26)17-6-4-3-5-7-17/h3-9,14,16,18H,10-13,15H2,1-2H3,(H,25,27). The number of benzene rings is 1. The molecule has 0 saturated carbocycles. The van der Waals surface area contributed by atoms with E-state index >= 15 is 0 Å².